The van der Waals surface area contributed by atoms with Gasteiger partial charge in [0.15, 0.2) is 0 Å². The Bertz CT molecular complexity index is 662. The number of hydrogen-bond acceptors (Lipinski definition) is 6. The van der Waals surface area contributed by atoms with Gasteiger partial charge in [0.25, 0.3) is 0 Å². The first-order valence-electron chi connectivity index (χ1n) is 9.15. The standard InChI is InChI=1S/2C7H6O2.C6H12O2.2Hg/c2*8-7(9)6-4-2-1-3-5-6;1-5(7-3)6(2)8-4;;/h2*1-5H,(H,8,9);5-6H,1-2H2,3-4H3;;/q;;;2*+1/p-2. The molecule has 0 fully saturated rings. The Labute approximate surface area is 191 Å². The van der Waals surface area contributed by atoms with Crippen molar-refractivity contribution in [2.45, 2.75) is 20.1 Å². The van der Waals surface area contributed by atoms with Gasteiger partial charge in [0, 0.05) is 0 Å². The molecular weight excluding hydrogens is 737 g/mol. The SMILES string of the molecule is COC([CH2][Hg][O]C(=O)c1ccccc1)C([CH2][Hg][O]C(=O)c1ccccc1)OC. The van der Waals surface area contributed by atoms with Crippen LogP contribution >= 0.6 is 0 Å². The molecule has 0 saturated heterocycles. The van der Waals surface area contributed by atoms with Crippen LogP contribution in [0.15, 0.2) is 60.7 Å². The summed E-state index contributed by atoms with van der Waals surface area (Å²) in [6.07, 6.45) is -0.267. The van der Waals surface area contributed by atoms with E-state index in [1.165, 1.54) is 0 Å². The van der Waals surface area contributed by atoms with Gasteiger partial charge in [-0.25, -0.2) is 0 Å². The molecule has 0 radical (unpaired) electrons. The van der Waals surface area contributed by atoms with Crippen molar-refractivity contribution < 1.29 is 74.4 Å². The fourth-order valence-electron chi connectivity index (χ4n) is 2.76. The fourth-order valence-corrected chi connectivity index (χ4v) is 12.9. The molecule has 2 rings (SSSR count). The van der Waals surface area contributed by atoms with Gasteiger partial charge in [-0.1, -0.05) is 0 Å². The molecule has 6 nitrogen and oxygen atoms in total. The molecule has 28 heavy (non-hydrogen) atoms. The Morgan fingerprint density at radius 3 is 1.39 bits per heavy atom. The maximum atomic E-state index is 12.1. The summed E-state index contributed by atoms with van der Waals surface area (Å²) in [7, 11) is 3.27. The van der Waals surface area contributed by atoms with Crippen molar-refractivity contribution in [3.63, 3.8) is 0 Å². The second-order valence-corrected chi connectivity index (χ2v) is 16.0. The van der Waals surface area contributed by atoms with E-state index in [2.05, 4.69) is 0 Å². The molecule has 0 bridgehead atoms. The Morgan fingerprint density at radius 2 is 1.07 bits per heavy atom. The second kappa shape index (κ2) is 13.4. The molecule has 0 N–H and O–H groups in total. The molecule has 2 atom stereocenters. The van der Waals surface area contributed by atoms with E-state index in [1.54, 1.807) is 38.5 Å². The third kappa shape index (κ3) is 7.89. The first kappa shape index (κ1) is 23.4. The zero-order valence-corrected chi connectivity index (χ0v) is 27.2. The number of carbonyl (C=O) groups is 2. The van der Waals surface area contributed by atoms with Gasteiger partial charge in [0.2, 0.25) is 0 Å². The molecular formula is C20H22Hg2O6. The number of hydrogen-bond donors (Lipinski definition) is 0. The van der Waals surface area contributed by atoms with E-state index < -0.39 is 50.1 Å². The molecule has 0 aliphatic rings. The molecule has 0 saturated carbocycles. The predicted molar refractivity (Wildman–Crippen MR) is 94.9 cm³/mol. The van der Waals surface area contributed by atoms with Gasteiger partial charge in [0.1, 0.15) is 0 Å². The van der Waals surface area contributed by atoms with Crippen LogP contribution in [0.5, 0.6) is 0 Å². The van der Waals surface area contributed by atoms with Crippen LogP contribution in [-0.4, -0.2) is 38.4 Å². The fraction of sp³-hybridized carbons (Fsp3) is 0.300. The van der Waals surface area contributed by atoms with Gasteiger partial charge in [-0.2, -0.15) is 0 Å². The van der Waals surface area contributed by atoms with Crippen LogP contribution in [0.4, 0.5) is 0 Å². The summed E-state index contributed by atoms with van der Waals surface area (Å²) in [5.41, 5.74) is 1.15. The quantitative estimate of drug-likeness (QED) is 0.327. The number of carbonyl (C=O) groups excluding carboxylic acids is 2. The molecule has 2 aromatic carbocycles. The van der Waals surface area contributed by atoms with Crippen LogP contribution in [0.3, 0.4) is 0 Å². The van der Waals surface area contributed by atoms with Crippen molar-refractivity contribution in [3.8, 4) is 0 Å². The molecule has 2 aromatic rings. The van der Waals surface area contributed by atoms with E-state index >= 15 is 0 Å². The van der Waals surface area contributed by atoms with Crippen molar-refractivity contribution in [3.05, 3.63) is 71.8 Å². The average molecular weight is 760 g/mol. The average Bonchev–Trinajstić information content (AvgIpc) is 2.75. The monoisotopic (exact) mass is 762 g/mol. The predicted octanol–water partition coefficient (Wildman–Crippen LogP) is 3.56. The third-order valence-electron chi connectivity index (χ3n) is 4.31. The van der Waals surface area contributed by atoms with E-state index in [9.17, 15) is 9.59 Å². The normalized spacial score (nSPS) is 12.2. The molecule has 0 amide bonds. The van der Waals surface area contributed by atoms with E-state index in [0.717, 1.165) is 7.86 Å². The zero-order chi connectivity index (χ0) is 20.2. The van der Waals surface area contributed by atoms with Gasteiger partial charge in [-0.15, -0.1) is 0 Å². The molecule has 0 aliphatic carbocycles. The first-order chi connectivity index (χ1) is 13.7. The van der Waals surface area contributed by atoms with Crippen molar-refractivity contribution in [2.75, 3.05) is 14.2 Å². The van der Waals surface area contributed by atoms with E-state index in [-0.39, 0.29) is 24.1 Å². The molecule has 142 valence electrons. The van der Waals surface area contributed by atoms with Crippen LogP contribution in [0, 0.1) is 0 Å². The minimum absolute atomic E-state index is 0.134. The van der Waals surface area contributed by atoms with Gasteiger partial charge >= 0.3 is 192 Å². The van der Waals surface area contributed by atoms with Crippen molar-refractivity contribution >= 4 is 11.9 Å². The molecule has 8 heteroatoms. The van der Waals surface area contributed by atoms with Crippen LogP contribution in [0.2, 0.25) is 7.86 Å². The first-order valence-corrected chi connectivity index (χ1v) is 21.4. The molecule has 0 spiro atoms. The summed E-state index contributed by atoms with van der Waals surface area (Å²) < 4.78 is 23.7. The molecule has 0 aromatic heterocycles. The van der Waals surface area contributed by atoms with Crippen LogP contribution < -0.4 is 0 Å². The van der Waals surface area contributed by atoms with Gasteiger partial charge in [-0.3, -0.25) is 0 Å². The van der Waals surface area contributed by atoms with Crippen LogP contribution in [0.25, 0.3) is 0 Å². The minimum atomic E-state index is -1.91. The summed E-state index contributed by atoms with van der Waals surface area (Å²) in [5.74, 6) is -0.522. The molecule has 2 unspecified atom stereocenters. The summed E-state index contributed by atoms with van der Waals surface area (Å²) in [6, 6.07) is 18.0. The summed E-state index contributed by atoms with van der Waals surface area (Å²) in [5, 5.41) is 0. The van der Waals surface area contributed by atoms with E-state index in [4.69, 9.17) is 14.8 Å². The summed E-state index contributed by atoms with van der Waals surface area (Å²) >= 11 is -3.82. The number of methoxy groups -OCH3 is 2. The topological polar surface area (TPSA) is 71.1 Å². The van der Waals surface area contributed by atoms with E-state index in [0.29, 0.717) is 11.1 Å². The Morgan fingerprint density at radius 1 is 0.714 bits per heavy atom. The molecule has 0 aliphatic heterocycles. The summed E-state index contributed by atoms with van der Waals surface area (Å²) in [6.45, 7) is 0. The van der Waals surface area contributed by atoms with Gasteiger partial charge < -0.3 is 0 Å². The van der Waals surface area contributed by atoms with Crippen molar-refractivity contribution in [1.82, 2.24) is 0 Å². The second-order valence-electron chi connectivity index (χ2n) is 6.13. The van der Waals surface area contributed by atoms with Crippen molar-refractivity contribution in [2.24, 2.45) is 0 Å². The number of ether oxygens (including phenoxy) is 2. The zero-order valence-electron chi connectivity index (χ0n) is 16.2. The summed E-state index contributed by atoms with van der Waals surface area (Å²) in [4.78, 5) is 24.1. The number of rotatable bonds is 11. The third-order valence-corrected chi connectivity index (χ3v) is 14.2. The van der Waals surface area contributed by atoms with Crippen molar-refractivity contribution in [1.29, 1.82) is 0 Å². The van der Waals surface area contributed by atoms with Crippen LogP contribution in [0.1, 0.15) is 20.7 Å². The van der Waals surface area contributed by atoms with E-state index in [1.807, 2.05) is 36.4 Å². The Balaban J connectivity index is 1.75. The number of benzene rings is 2. The molecule has 0 heterocycles. The van der Waals surface area contributed by atoms with Gasteiger partial charge in [-0.05, 0) is 0 Å². The Kier molecular flexibility index (Phi) is 11.2. The van der Waals surface area contributed by atoms with Crippen LogP contribution in [-0.2, 0) is 64.8 Å². The van der Waals surface area contributed by atoms with Gasteiger partial charge in [0.05, 0.1) is 0 Å². The Hall–Kier alpha value is -0.830. The maximum absolute atomic E-state index is 12.1.